The molecular formula is C5H4Cl4O2. The summed E-state index contributed by atoms with van der Waals surface area (Å²) in [5.74, 6) is -0.738. The van der Waals surface area contributed by atoms with Crippen LogP contribution in [-0.4, -0.2) is 16.9 Å². The number of alkyl halides is 3. The third-order valence-corrected chi connectivity index (χ3v) is 1.26. The maximum atomic E-state index is 10.6. The summed E-state index contributed by atoms with van der Waals surface area (Å²) in [5.41, 5.74) is 0. The summed E-state index contributed by atoms with van der Waals surface area (Å²) in [6.07, 6.45) is 0.963. The number of carbonyl (C=O) groups excluding carboxylic acids is 1. The minimum absolute atomic E-state index is 0.257. The lowest BCUT2D eigenvalue weighted by atomic mass is 10.5. The van der Waals surface area contributed by atoms with Crippen molar-refractivity contribution in [3.8, 4) is 0 Å². The number of rotatable bonds is 1. The van der Waals surface area contributed by atoms with Crippen LogP contribution in [0, 0.1) is 0 Å². The van der Waals surface area contributed by atoms with E-state index >= 15 is 0 Å². The predicted octanol–water partition coefficient (Wildman–Crippen LogP) is 2.65. The number of carbonyl (C=O) groups is 1. The van der Waals surface area contributed by atoms with Crippen LogP contribution in [0.3, 0.4) is 0 Å². The van der Waals surface area contributed by atoms with Gasteiger partial charge in [-0.25, -0.2) is 4.79 Å². The van der Waals surface area contributed by atoms with Crippen LogP contribution in [0.4, 0.5) is 0 Å². The number of hydrogen-bond donors (Lipinski definition) is 0. The summed E-state index contributed by atoms with van der Waals surface area (Å²) in [6, 6.07) is 0. The number of methoxy groups -OCH3 is 1. The van der Waals surface area contributed by atoms with E-state index in [1.807, 2.05) is 0 Å². The van der Waals surface area contributed by atoms with Crippen LogP contribution in [0.15, 0.2) is 11.1 Å². The second kappa shape index (κ2) is 4.41. The fraction of sp³-hybridized carbons (Fsp3) is 0.400. The molecule has 0 aliphatic carbocycles. The van der Waals surface area contributed by atoms with Gasteiger partial charge in [-0.15, -0.1) is 0 Å². The van der Waals surface area contributed by atoms with Crippen LogP contribution in [0.2, 0.25) is 0 Å². The Balaban J connectivity index is 4.34. The molecule has 2 nitrogen and oxygen atoms in total. The van der Waals surface area contributed by atoms with Gasteiger partial charge >= 0.3 is 5.97 Å². The van der Waals surface area contributed by atoms with Crippen LogP contribution in [-0.2, 0) is 9.53 Å². The molecule has 0 amide bonds. The molecule has 0 spiro atoms. The first-order valence-corrected chi connectivity index (χ1v) is 3.91. The van der Waals surface area contributed by atoms with Gasteiger partial charge in [0.25, 0.3) is 0 Å². The van der Waals surface area contributed by atoms with E-state index in [9.17, 15) is 4.79 Å². The molecule has 0 fully saturated rings. The Morgan fingerprint density at radius 2 is 1.91 bits per heavy atom. The van der Waals surface area contributed by atoms with Gasteiger partial charge in [-0.2, -0.15) is 0 Å². The Morgan fingerprint density at radius 1 is 1.45 bits per heavy atom. The van der Waals surface area contributed by atoms with Crippen molar-refractivity contribution in [1.82, 2.24) is 0 Å². The smallest absolute Gasteiger partial charge is 0.349 e. The molecule has 0 radical (unpaired) electrons. The molecule has 64 valence electrons. The topological polar surface area (TPSA) is 26.3 Å². The predicted molar refractivity (Wildman–Crippen MR) is 46.2 cm³/mol. The highest BCUT2D eigenvalue weighted by molar-refractivity contribution is 6.69. The Labute approximate surface area is 84.0 Å². The highest BCUT2D eigenvalue weighted by atomic mass is 35.6. The number of allylic oxidation sites excluding steroid dienone is 1. The molecule has 0 heterocycles. The summed E-state index contributed by atoms with van der Waals surface area (Å²) in [6.45, 7) is 0. The first-order chi connectivity index (χ1) is 4.87. The lowest BCUT2D eigenvalue weighted by Gasteiger charge is -2.03. The van der Waals surface area contributed by atoms with Gasteiger partial charge in [-0.05, 0) is 6.08 Å². The number of esters is 1. The van der Waals surface area contributed by atoms with Crippen LogP contribution in [0.25, 0.3) is 0 Å². The van der Waals surface area contributed by atoms with Gasteiger partial charge in [0.1, 0.15) is 5.03 Å². The zero-order chi connectivity index (χ0) is 9.07. The third kappa shape index (κ3) is 5.62. The maximum Gasteiger partial charge on any atom is 0.349 e. The van der Waals surface area contributed by atoms with Crippen LogP contribution < -0.4 is 0 Å². The third-order valence-electron chi connectivity index (χ3n) is 0.671. The average Bonchev–Trinajstić information content (AvgIpc) is 1.82. The summed E-state index contributed by atoms with van der Waals surface area (Å²) in [5, 5.41) is -0.257. The maximum absolute atomic E-state index is 10.6. The standard InChI is InChI=1S/C5H4Cl4O2/c1-11-4(10)3(6)2-5(7,8)9/h2H,1H3. The van der Waals surface area contributed by atoms with Gasteiger partial charge in [-0.3, -0.25) is 0 Å². The SMILES string of the molecule is COC(=O)C(Cl)=CC(Cl)(Cl)Cl. The molecule has 0 N–H and O–H groups in total. The average molecular weight is 238 g/mol. The molecule has 0 saturated heterocycles. The second-order valence-corrected chi connectivity index (χ2v) is 4.30. The van der Waals surface area contributed by atoms with Crippen LogP contribution in [0.5, 0.6) is 0 Å². The minimum atomic E-state index is -1.68. The molecule has 0 aliphatic rings. The lowest BCUT2D eigenvalue weighted by Crippen LogP contribution is -2.04. The van der Waals surface area contributed by atoms with Crippen LogP contribution >= 0.6 is 46.4 Å². The zero-order valence-corrected chi connectivity index (χ0v) is 8.43. The van der Waals surface area contributed by atoms with E-state index in [1.54, 1.807) is 0 Å². The van der Waals surface area contributed by atoms with E-state index in [0.29, 0.717) is 0 Å². The van der Waals surface area contributed by atoms with Crippen molar-refractivity contribution >= 4 is 52.4 Å². The van der Waals surface area contributed by atoms with Gasteiger partial charge in [-0.1, -0.05) is 46.4 Å². The Morgan fingerprint density at radius 3 is 2.18 bits per heavy atom. The van der Waals surface area contributed by atoms with E-state index in [4.69, 9.17) is 46.4 Å². The van der Waals surface area contributed by atoms with Gasteiger partial charge in [0, 0.05) is 0 Å². The molecular weight excluding hydrogens is 234 g/mol. The molecule has 11 heavy (non-hydrogen) atoms. The summed E-state index contributed by atoms with van der Waals surface area (Å²) >= 11 is 21.2. The van der Waals surface area contributed by atoms with Crippen molar-refractivity contribution in [3.05, 3.63) is 11.1 Å². The first kappa shape index (κ1) is 11.4. The molecule has 0 aromatic carbocycles. The molecule has 0 saturated carbocycles. The summed E-state index contributed by atoms with van der Waals surface area (Å²) in [7, 11) is 1.18. The minimum Gasteiger partial charge on any atom is -0.465 e. The highest BCUT2D eigenvalue weighted by Gasteiger charge is 2.19. The number of hydrogen-bond acceptors (Lipinski definition) is 2. The van der Waals surface area contributed by atoms with Crippen molar-refractivity contribution in [2.75, 3.05) is 7.11 Å². The van der Waals surface area contributed by atoms with E-state index in [-0.39, 0.29) is 5.03 Å². The zero-order valence-electron chi connectivity index (χ0n) is 5.41. The first-order valence-electron chi connectivity index (χ1n) is 2.40. The molecule has 0 bridgehead atoms. The molecule has 0 aromatic heterocycles. The molecule has 0 aliphatic heterocycles. The number of ether oxygens (including phenoxy) is 1. The Kier molecular flexibility index (Phi) is 4.56. The fourth-order valence-electron chi connectivity index (χ4n) is 0.300. The number of halogens is 4. The van der Waals surface area contributed by atoms with Gasteiger partial charge in [0.05, 0.1) is 7.11 Å². The van der Waals surface area contributed by atoms with Crippen molar-refractivity contribution in [2.24, 2.45) is 0 Å². The van der Waals surface area contributed by atoms with Gasteiger partial charge in [0.15, 0.2) is 0 Å². The molecule has 6 heteroatoms. The highest BCUT2D eigenvalue weighted by Crippen LogP contribution is 2.29. The lowest BCUT2D eigenvalue weighted by molar-refractivity contribution is -0.135. The summed E-state index contributed by atoms with van der Waals surface area (Å²) < 4.78 is 2.57. The normalized spacial score (nSPS) is 13.0. The quantitative estimate of drug-likeness (QED) is 0.398. The molecule has 0 atom stereocenters. The van der Waals surface area contributed by atoms with Gasteiger partial charge in [0.2, 0.25) is 3.79 Å². The van der Waals surface area contributed by atoms with E-state index in [1.165, 1.54) is 7.11 Å². The van der Waals surface area contributed by atoms with Crippen molar-refractivity contribution in [2.45, 2.75) is 3.79 Å². The monoisotopic (exact) mass is 236 g/mol. The molecule has 0 aromatic rings. The van der Waals surface area contributed by atoms with E-state index in [0.717, 1.165) is 6.08 Å². The largest absolute Gasteiger partial charge is 0.465 e. The van der Waals surface area contributed by atoms with Crippen LogP contribution in [0.1, 0.15) is 0 Å². The van der Waals surface area contributed by atoms with Crippen molar-refractivity contribution < 1.29 is 9.53 Å². The van der Waals surface area contributed by atoms with Gasteiger partial charge < -0.3 is 4.74 Å². The van der Waals surface area contributed by atoms with E-state index in [2.05, 4.69) is 4.74 Å². The van der Waals surface area contributed by atoms with E-state index < -0.39 is 9.76 Å². The van der Waals surface area contributed by atoms with Crippen molar-refractivity contribution in [1.29, 1.82) is 0 Å². The Bertz CT molecular complexity index is 181. The molecule has 0 unspecified atom stereocenters. The second-order valence-electron chi connectivity index (χ2n) is 1.53. The van der Waals surface area contributed by atoms with Crippen molar-refractivity contribution in [3.63, 3.8) is 0 Å². The fourth-order valence-corrected chi connectivity index (χ4v) is 1.04. The Hall–Kier alpha value is 0.370. The summed E-state index contributed by atoms with van der Waals surface area (Å²) in [4.78, 5) is 10.6. The molecule has 0 rings (SSSR count).